The van der Waals surface area contributed by atoms with Crippen molar-refractivity contribution < 1.29 is 14.3 Å². The number of amides is 2. The lowest BCUT2D eigenvalue weighted by molar-refractivity contribution is -0.130. The van der Waals surface area contributed by atoms with Crippen molar-refractivity contribution in [2.75, 3.05) is 12.4 Å². The number of carbonyl (C=O) groups excluding carboxylic acids is 2. The minimum absolute atomic E-state index is 0.0996. The van der Waals surface area contributed by atoms with Gasteiger partial charge in [-0.3, -0.25) is 14.9 Å². The van der Waals surface area contributed by atoms with Crippen LogP contribution in [-0.4, -0.2) is 34.6 Å². The van der Waals surface area contributed by atoms with Gasteiger partial charge in [-0.05, 0) is 24.3 Å². The maximum Gasteiger partial charge on any atom is 0.273 e. The van der Waals surface area contributed by atoms with Crippen LogP contribution < -0.4 is 10.1 Å². The lowest BCUT2D eigenvalue weighted by Crippen LogP contribution is -2.34. The topological polar surface area (TPSA) is 83.9 Å². The van der Waals surface area contributed by atoms with Gasteiger partial charge in [-0.15, -0.1) is 0 Å². The molecule has 4 rings (SSSR count). The van der Waals surface area contributed by atoms with Crippen LogP contribution in [0.15, 0.2) is 53.6 Å². The number of hydrogen-bond donors (Lipinski definition) is 1. The van der Waals surface area contributed by atoms with E-state index in [1.807, 2.05) is 48.5 Å². The molecule has 2 aromatic carbocycles. The molecule has 0 saturated carbocycles. The molecular weight excluding hydrogens is 364 g/mol. The zero-order valence-corrected chi connectivity index (χ0v) is 15.3. The molecule has 0 unspecified atom stereocenters. The number of fused-ring (bicyclic) bond motifs is 1. The Hall–Kier alpha value is -3.26. The Morgan fingerprint density at radius 2 is 1.96 bits per heavy atom. The first kappa shape index (κ1) is 17.2. The first-order chi connectivity index (χ1) is 13.1. The molecule has 7 nitrogen and oxygen atoms in total. The summed E-state index contributed by atoms with van der Waals surface area (Å²) in [7, 11) is 1.54. The summed E-state index contributed by atoms with van der Waals surface area (Å²) in [5, 5.41) is 8.46. The number of nitrogens with one attached hydrogen (secondary N) is 1. The second-order valence-corrected chi connectivity index (χ2v) is 7.01. The fourth-order valence-corrected chi connectivity index (χ4v) is 3.54. The fraction of sp³-hybridized carbons (Fsp3) is 0.158. The molecule has 0 spiro atoms. The van der Waals surface area contributed by atoms with E-state index in [0.29, 0.717) is 23.0 Å². The average molecular weight is 380 g/mol. The molecular formula is C19H16N4O3S. The van der Waals surface area contributed by atoms with Crippen LogP contribution in [0.2, 0.25) is 0 Å². The van der Waals surface area contributed by atoms with Crippen LogP contribution in [0.4, 0.5) is 5.13 Å². The van der Waals surface area contributed by atoms with Gasteiger partial charge in [-0.25, -0.2) is 9.99 Å². The summed E-state index contributed by atoms with van der Waals surface area (Å²) in [5.74, 6) is 1.02. The van der Waals surface area contributed by atoms with E-state index in [9.17, 15) is 9.59 Å². The van der Waals surface area contributed by atoms with Crippen molar-refractivity contribution >= 4 is 44.2 Å². The molecule has 1 aromatic heterocycles. The number of hydrogen-bond acceptors (Lipinski definition) is 6. The zero-order valence-electron chi connectivity index (χ0n) is 14.5. The van der Waals surface area contributed by atoms with E-state index in [2.05, 4.69) is 15.4 Å². The number of para-hydroxylation sites is 1. The second-order valence-electron chi connectivity index (χ2n) is 5.98. The van der Waals surface area contributed by atoms with Gasteiger partial charge in [-0.2, -0.15) is 5.10 Å². The van der Waals surface area contributed by atoms with Gasteiger partial charge >= 0.3 is 0 Å². The summed E-state index contributed by atoms with van der Waals surface area (Å²) in [6.45, 7) is 0. The number of hydrazone groups is 1. The predicted molar refractivity (Wildman–Crippen MR) is 104 cm³/mol. The van der Waals surface area contributed by atoms with Crippen molar-refractivity contribution in [1.82, 2.24) is 9.99 Å². The second kappa shape index (κ2) is 7.16. The van der Waals surface area contributed by atoms with Gasteiger partial charge in [-0.1, -0.05) is 29.5 Å². The lowest BCUT2D eigenvalue weighted by Gasteiger charge is -2.18. The summed E-state index contributed by atoms with van der Waals surface area (Å²) in [4.78, 5) is 28.3. The van der Waals surface area contributed by atoms with Gasteiger partial charge in [0.1, 0.15) is 17.2 Å². The Balaban J connectivity index is 1.51. The van der Waals surface area contributed by atoms with Crippen molar-refractivity contribution in [3.63, 3.8) is 0 Å². The normalized spacial score (nSPS) is 14.2. The smallest absolute Gasteiger partial charge is 0.273 e. The number of ether oxygens (including phenoxy) is 1. The fourth-order valence-electron chi connectivity index (χ4n) is 2.65. The summed E-state index contributed by atoms with van der Waals surface area (Å²) in [6, 6.07) is 15.1. The van der Waals surface area contributed by atoms with Crippen molar-refractivity contribution in [3.05, 3.63) is 48.5 Å². The van der Waals surface area contributed by atoms with Crippen LogP contribution in [0, 0.1) is 0 Å². The standard InChI is InChI=1S/C19H16N4O3S/c1-23-17(24)10-9-15(22-23)18(25)21-19-20-14-8-7-13(11-16(14)27-19)26-12-5-3-2-4-6-12/h2-8,11H,9-10H2,1H3,(H,20,21,25). The van der Waals surface area contributed by atoms with Crippen molar-refractivity contribution in [2.24, 2.45) is 5.10 Å². The van der Waals surface area contributed by atoms with Gasteiger partial charge in [0, 0.05) is 26.0 Å². The number of benzene rings is 2. The Morgan fingerprint density at radius 3 is 2.74 bits per heavy atom. The minimum atomic E-state index is -0.339. The first-order valence-corrected chi connectivity index (χ1v) is 9.19. The Kier molecular flexibility index (Phi) is 4.55. The van der Waals surface area contributed by atoms with Gasteiger partial charge in [0.2, 0.25) is 5.91 Å². The van der Waals surface area contributed by atoms with Crippen molar-refractivity contribution in [2.45, 2.75) is 12.8 Å². The largest absolute Gasteiger partial charge is 0.457 e. The van der Waals surface area contributed by atoms with Gasteiger partial charge < -0.3 is 4.74 Å². The Morgan fingerprint density at radius 1 is 1.15 bits per heavy atom. The van der Waals surface area contributed by atoms with Crippen molar-refractivity contribution in [1.29, 1.82) is 0 Å². The third-order valence-electron chi connectivity index (χ3n) is 4.03. The highest BCUT2D eigenvalue weighted by Gasteiger charge is 2.22. The van der Waals surface area contributed by atoms with Gasteiger partial charge in [0.05, 0.1) is 10.2 Å². The lowest BCUT2D eigenvalue weighted by atomic mass is 10.1. The molecule has 0 saturated heterocycles. The van der Waals surface area contributed by atoms with Crippen LogP contribution in [-0.2, 0) is 9.59 Å². The van der Waals surface area contributed by atoms with E-state index in [1.54, 1.807) is 7.05 Å². The van der Waals surface area contributed by atoms with Crippen LogP contribution in [0.25, 0.3) is 10.2 Å². The summed E-state index contributed by atoms with van der Waals surface area (Å²) < 4.78 is 6.73. The molecule has 2 amide bonds. The maximum absolute atomic E-state index is 12.4. The van der Waals surface area contributed by atoms with E-state index < -0.39 is 0 Å². The molecule has 0 radical (unpaired) electrons. The molecule has 0 aliphatic carbocycles. The number of nitrogens with zero attached hydrogens (tertiary/aromatic N) is 3. The average Bonchev–Trinajstić information content (AvgIpc) is 3.06. The SMILES string of the molecule is CN1N=C(C(=O)Nc2nc3ccc(Oc4ccccc4)cc3s2)CCC1=O. The highest BCUT2D eigenvalue weighted by molar-refractivity contribution is 7.22. The van der Waals surface area contributed by atoms with Crippen molar-refractivity contribution in [3.8, 4) is 11.5 Å². The third kappa shape index (κ3) is 3.80. The van der Waals surface area contributed by atoms with Crippen LogP contribution in [0.3, 0.4) is 0 Å². The molecule has 2 heterocycles. The maximum atomic E-state index is 12.4. The molecule has 1 N–H and O–H groups in total. The van der Waals surface area contributed by atoms with Gasteiger partial charge in [0.15, 0.2) is 5.13 Å². The number of rotatable bonds is 4. The molecule has 0 atom stereocenters. The number of thiazole rings is 1. The minimum Gasteiger partial charge on any atom is -0.457 e. The third-order valence-corrected chi connectivity index (χ3v) is 4.96. The molecule has 1 aliphatic rings. The van der Waals surface area contributed by atoms with E-state index in [1.165, 1.54) is 16.3 Å². The Bertz CT molecular complexity index is 1050. The van der Waals surface area contributed by atoms with Crippen LogP contribution >= 0.6 is 11.3 Å². The monoisotopic (exact) mass is 380 g/mol. The summed E-state index contributed by atoms with van der Waals surface area (Å²) >= 11 is 1.36. The van der Waals surface area contributed by atoms with Gasteiger partial charge in [0.25, 0.3) is 5.91 Å². The molecule has 0 fully saturated rings. The first-order valence-electron chi connectivity index (χ1n) is 8.37. The quantitative estimate of drug-likeness (QED) is 0.749. The number of carbonyl (C=O) groups is 2. The molecule has 0 bridgehead atoms. The summed E-state index contributed by atoms with van der Waals surface area (Å²) in [5.41, 5.74) is 1.10. The van der Waals surface area contributed by atoms with E-state index in [-0.39, 0.29) is 18.2 Å². The number of anilines is 1. The highest BCUT2D eigenvalue weighted by atomic mass is 32.1. The number of aromatic nitrogens is 1. The summed E-state index contributed by atoms with van der Waals surface area (Å²) in [6.07, 6.45) is 0.609. The highest BCUT2D eigenvalue weighted by Crippen LogP contribution is 2.31. The van der Waals surface area contributed by atoms with Crippen LogP contribution in [0.1, 0.15) is 12.8 Å². The predicted octanol–water partition coefficient (Wildman–Crippen LogP) is 3.64. The van der Waals surface area contributed by atoms with Crippen LogP contribution in [0.5, 0.6) is 11.5 Å². The van der Waals surface area contributed by atoms with E-state index >= 15 is 0 Å². The van der Waals surface area contributed by atoms with E-state index in [4.69, 9.17) is 4.74 Å². The molecule has 1 aliphatic heterocycles. The molecule has 27 heavy (non-hydrogen) atoms. The Labute approximate surface area is 159 Å². The molecule has 3 aromatic rings. The molecule has 136 valence electrons. The zero-order chi connectivity index (χ0) is 18.8. The molecule has 8 heteroatoms. The van der Waals surface area contributed by atoms with E-state index in [0.717, 1.165) is 16.0 Å².